The number of amides is 1. The maximum absolute atomic E-state index is 11.8. The van der Waals surface area contributed by atoms with Gasteiger partial charge in [0, 0.05) is 23.4 Å². The second-order valence-corrected chi connectivity index (χ2v) is 6.76. The van der Waals surface area contributed by atoms with Gasteiger partial charge in [0.1, 0.15) is 6.04 Å². The number of nitrogens with one attached hydrogen (secondary N) is 1. The minimum Gasteiger partial charge on any atom is -0.480 e. The Morgan fingerprint density at radius 1 is 1.54 bits per heavy atom. The first kappa shape index (κ1) is 18.2. The van der Waals surface area contributed by atoms with Crippen molar-refractivity contribution in [1.82, 2.24) is 14.7 Å². The summed E-state index contributed by atoms with van der Waals surface area (Å²) in [6, 6.07) is 0.510. The van der Waals surface area contributed by atoms with Crippen molar-refractivity contribution in [2.45, 2.75) is 25.1 Å². The van der Waals surface area contributed by atoms with Crippen LogP contribution >= 0.6 is 23.1 Å². The first-order chi connectivity index (χ1) is 11.5. The average Bonchev–Trinajstić information content (AvgIpc) is 3.00. The first-order valence-electron chi connectivity index (χ1n) is 7.18. The second kappa shape index (κ2) is 8.65. The molecule has 2 N–H and O–H groups in total. The maximum atomic E-state index is 11.8. The third kappa shape index (κ3) is 4.93. The van der Waals surface area contributed by atoms with E-state index in [0.717, 1.165) is 0 Å². The molecule has 1 amide bonds. The molecule has 0 fully saturated rings. The molecule has 7 nitrogen and oxygen atoms in total. The van der Waals surface area contributed by atoms with Gasteiger partial charge in [-0.05, 0) is 13.3 Å². The van der Waals surface area contributed by atoms with Gasteiger partial charge in [0.15, 0.2) is 4.96 Å². The van der Waals surface area contributed by atoms with E-state index < -0.39 is 12.0 Å². The van der Waals surface area contributed by atoms with Gasteiger partial charge in [0.25, 0.3) is 5.56 Å². The van der Waals surface area contributed by atoms with Crippen molar-refractivity contribution in [3.05, 3.63) is 45.8 Å². The van der Waals surface area contributed by atoms with Crippen molar-refractivity contribution in [3.8, 4) is 0 Å². The minimum absolute atomic E-state index is 0.102. The van der Waals surface area contributed by atoms with Crippen LogP contribution < -0.4 is 10.9 Å². The Labute approximate surface area is 146 Å². The number of carbonyl (C=O) groups is 2. The molecule has 0 aliphatic heterocycles. The van der Waals surface area contributed by atoms with Crippen LogP contribution in [-0.2, 0) is 15.3 Å². The van der Waals surface area contributed by atoms with Crippen LogP contribution in [0, 0.1) is 0 Å². The Hall–Kier alpha value is -2.13. The van der Waals surface area contributed by atoms with Gasteiger partial charge in [0.05, 0.1) is 11.4 Å². The summed E-state index contributed by atoms with van der Waals surface area (Å²) in [6.45, 7) is 1.79. The van der Waals surface area contributed by atoms with Crippen LogP contribution in [0.2, 0.25) is 0 Å². The largest absolute Gasteiger partial charge is 0.480 e. The van der Waals surface area contributed by atoms with Crippen LogP contribution in [0.1, 0.15) is 19.0 Å². The summed E-state index contributed by atoms with van der Waals surface area (Å²) in [7, 11) is 0. The molecule has 0 bridgehead atoms. The SMILES string of the molecule is C/C=C/CC(NC(=O)CSCc1cc(=O)n2ccsc2n1)C(=O)O. The van der Waals surface area contributed by atoms with E-state index in [2.05, 4.69) is 10.3 Å². The Morgan fingerprint density at radius 2 is 2.33 bits per heavy atom. The van der Waals surface area contributed by atoms with Crippen LogP contribution in [0.4, 0.5) is 0 Å². The van der Waals surface area contributed by atoms with Gasteiger partial charge < -0.3 is 10.4 Å². The molecule has 9 heteroatoms. The monoisotopic (exact) mass is 367 g/mol. The van der Waals surface area contributed by atoms with Gasteiger partial charge in [0.2, 0.25) is 5.91 Å². The van der Waals surface area contributed by atoms with Crippen LogP contribution in [0.3, 0.4) is 0 Å². The van der Waals surface area contributed by atoms with Crippen LogP contribution in [0.25, 0.3) is 4.96 Å². The highest BCUT2D eigenvalue weighted by Crippen LogP contribution is 2.12. The number of carbonyl (C=O) groups excluding carboxylic acids is 1. The number of allylic oxidation sites excluding steroid dienone is 1. The number of aromatic nitrogens is 2. The summed E-state index contributed by atoms with van der Waals surface area (Å²) in [4.78, 5) is 39.7. The lowest BCUT2D eigenvalue weighted by atomic mass is 10.2. The van der Waals surface area contributed by atoms with Crippen molar-refractivity contribution in [2.24, 2.45) is 0 Å². The molecule has 0 aromatic carbocycles. The Morgan fingerprint density at radius 3 is 3.04 bits per heavy atom. The average molecular weight is 367 g/mol. The fourth-order valence-electron chi connectivity index (χ4n) is 1.94. The fraction of sp³-hybridized carbons (Fsp3) is 0.333. The molecule has 0 aliphatic rings. The normalized spacial score (nSPS) is 12.5. The molecule has 2 aromatic heterocycles. The number of hydrogen-bond acceptors (Lipinski definition) is 6. The number of carboxylic acid groups (broad SMARTS) is 1. The first-order valence-corrected chi connectivity index (χ1v) is 9.21. The number of thiazole rings is 1. The van der Waals surface area contributed by atoms with E-state index in [0.29, 0.717) is 16.4 Å². The lowest BCUT2D eigenvalue weighted by Crippen LogP contribution is -2.41. The molecule has 2 rings (SSSR count). The van der Waals surface area contributed by atoms with Gasteiger partial charge in [-0.3, -0.25) is 14.0 Å². The molecule has 0 aliphatic carbocycles. The molecule has 128 valence electrons. The number of aliphatic carboxylic acids is 1. The van der Waals surface area contributed by atoms with E-state index in [-0.39, 0.29) is 23.6 Å². The number of rotatable bonds is 8. The van der Waals surface area contributed by atoms with E-state index in [1.54, 1.807) is 30.7 Å². The van der Waals surface area contributed by atoms with E-state index in [1.807, 2.05) is 0 Å². The lowest BCUT2D eigenvalue weighted by Gasteiger charge is -2.12. The van der Waals surface area contributed by atoms with Crippen molar-refractivity contribution in [1.29, 1.82) is 0 Å². The van der Waals surface area contributed by atoms with Crippen LogP contribution in [0.5, 0.6) is 0 Å². The summed E-state index contributed by atoms with van der Waals surface area (Å²) >= 11 is 2.65. The van der Waals surface area contributed by atoms with Crippen molar-refractivity contribution in [3.63, 3.8) is 0 Å². The Kier molecular flexibility index (Phi) is 6.56. The molecule has 0 saturated heterocycles. The van der Waals surface area contributed by atoms with Crippen molar-refractivity contribution in [2.75, 3.05) is 5.75 Å². The third-order valence-corrected chi connectivity index (χ3v) is 4.80. The molecule has 1 atom stereocenters. The van der Waals surface area contributed by atoms with E-state index in [4.69, 9.17) is 5.11 Å². The standard InChI is InChI=1S/C15H17N3O4S2/c1-2-3-4-11(14(21)22)17-12(19)9-23-8-10-7-13(20)18-5-6-24-15(18)16-10/h2-3,5-7,11H,4,8-9H2,1H3,(H,17,19)(H,21,22)/b3-2+. The summed E-state index contributed by atoms with van der Waals surface area (Å²) in [5.41, 5.74) is 0.447. The van der Waals surface area contributed by atoms with Gasteiger partial charge >= 0.3 is 5.97 Å². The van der Waals surface area contributed by atoms with Crippen LogP contribution in [-0.4, -0.2) is 38.2 Å². The van der Waals surface area contributed by atoms with E-state index >= 15 is 0 Å². The lowest BCUT2D eigenvalue weighted by molar-refractivity contribution is -0.141. The predicted octanol–water partition coefficient (Wildman–Crippen LogP) is 1.52. The number of thioether (sulfide) groups is 1. The highest BCUT2D eigenvalue weighted by Gasteiger charge is 2.18. The molecule has 2 heterocycles. The van der Waals surface area contributed by atoms with E-state index in [9.17, 15) is 14.4 Å². The molecule has 0 saturated carbocycles. The molecule has 0 radical (unpaired) electrons. The van der Waals surface area contributed by atoms with Crippen molar-refractivity contribution < 1.29 is 14.7 Å². The van der Waals surface area contributed by atoms with Gasteiger partial charge in [-0.25, -0.2) is 9.78 Å². The highest BCUT2D eigenvalue weighted by atomic mass is 32.2. The zero-order valence-electron chi connectivity index (χ0n) is 13.0. The molecular weight excluding hydrogens is 350 g/mol. The van der Waals surface area contributed by atoms with Gasteiger partial charge in [-0.2, -0.15) is 0 Å². The Balaban J connectivity index is 1.87. The van der Waals surface area contributed by atoms with Crippen LogP contribution in [0.15, 0.2) is 34.6 Å². The smallest absolute Gasteiger partial charge is 0.326 e. The quantitative estimate of drug-likeness (QED) is 0.686. The van der Waals surface area contributed by atoms with Crippen molar-refractivity contribution >= 4 is 39.9 Å². The summed E-state index contributed by atoms with van der Waals surface area (Å²) in [5, 5.41) is 13.3. The van der Waals surface area contributed by atoms with Gasteiger partial charge in [-0.1, -0.05) is 12.2 Å². The third-order valence-electron chi connectivity index (χ3n) is 3.08. The number of hydrogen-bond donors (Lipinski definition) is 2. The van der Waals surface area contributed by atoms with E-state index in [1.165, 1.54) is 33.6 Å². The highest BCUT2D eigenvalue weighted by molar-refractivity contribution is 7.99. The summed E-state index contributed by atoms with van der Waals surface area (Å²) in [6.07, 6.45) is 5.34. The predicted molar refractivity (Wildman–Crippen MR) is 94.5 cm³/mol. The zero-order chi connectivity index (χ0) is 17.5. The second-order valence-electron chi connectivity index (χ2n) is 4.90. The molecule has 0 spiro atoms. The topological polar surface area (TPSA) is 101 Å². The zero-order valence-corrected chi connectivity index (χ0v) is 14.6. The number of fused-ring (bicyclic) bond motifs is 1. The molecule has 24 heavy (non-hydrogen) atoms. The maximum Gasteiger partial charge on any atom is 0.326 e. The molecule has 2 aromatic rings. The van der Waals surface area contributed by atoms with Gasteiger partial charge in [-0.15, -0.1) is 23.1 Å². The Bertz CT molecular complexity index is 812. The fourth-order valence-corrected chi connectivity index (χ4v) is 3.41. The molecular formula is C15H17N3O4S2. The minimum atomic E-state index is -1.07. The number of carboxylic acids is 1. The number of nitrogens with zero attached hydrogens (tertiary/aromatic N) is 2. The molecule has 1 unspecified atom stereocenters. The summed E-state index contributed by atoms with van der Waals surface area (Å²) < 4.78 is 1.46. The summed E-state index contributed by atoms with van der Waals surface area (Å²) in [5.74, 6) is -0.912.